The largest absolute Gasteiger partial charge is 0.300 e. The average Bonchev–Trinajstić information content (AvgIpc) is 2.82. The fourth-order valence-corrected chi connectivity index (χ4v) is 3.85. The monoisotopic (exact) mass is 249 g/mol. The number of amides is 2. The molecule has 18 heavy (non-hydrogen) atoms. The van der Waals surface area contributed by atoms with E-state index in [0.717, 1.165) is 12.8 Å². The molecule has 98 valence electrons. The van der Waals surface area contributed by atoms with Gasteiger partial charge in [0.25, 0.3) is 0 Å². The number of carbonyl (C=O) groups is 3. The van der Waals surface area contributed by atoms with Crippen molar-refractivity contribution in [2.24, 2.45) is 17.8 Å². The number of rotatable bonds is 1. The van der Waals surface area contributed by atoms with Crippen LogP contribution in [0.15, 0.2) is 0 Å². The Morgan fingerprint density at radius 2 is 1.44 bits per heavy atom. The molecule has 2 atom stereocenters. The quantitative estimate of drug-likeness (QED) is 0.662. The van der Waals surface area contributed by atoms with Gasteiger partial charge in [-0.2, -0.15) is 0 Å². The Morgan fingerprint density at radius 3 is 1.94 bits per heavy atom. The van der Waals surface area contributed by atoms with Gasteiger partial charge in [0, 0.05) is 18.9 Å². The number of imide groups is 1. The van der Waals surface area contributed by atoms with E-state index in [-0.39, 0.29) is 35.5 Å². The first-order valence-corrected chi connectivity index (χ1v) is 6.96. The van der Waals surface area contributed by atoms with E-state index in [2.05, 4.69) is 6.92 Å². The summed E-state index contributed by atoms with van der Waals surface area (Å²) in [6.45, 7) is 2.11. The lowest BCUT2D eigenvalue weighted by Gasteiger charge is -2.30. The summed E-state index contributed by atoms with van der Waals surface area (Å²) >= 11 is 0. The summed E-state index contributed by atoms with van der Waals surface area (Å²) in [5.41, 5.74) is 0. The van der Waals surface area contributed by atoms with Crippen molar-refractivity contribution in [3.63, 3.8) is 0 Å². The van der Waals surface area contributed by atoms with Crippen LogP contribution < -0.4 is 0 Å². The van der Waals surface area contributed by atoms with E-state index in [1.807, 2.05) is 0 Å². The maximum absolute atomic E-state index is 12.3. The molecule has 0 spiro atoms. The van der Waals surface area contributed by atoms with Crippen LogP contribution in [-0.2, 0) is 14.4 Å². The molecule has 1 heterocycles. The molecule has 0 N–H and O–H groups in total. The van der Waals surface area contributed by atoms with Crippen LogP contribution in [0.4, 0.5) is 0 Å². The predicted octanol–water partition coefficient (Wildman–Crippen LogP) is 1.53. The molecule has 2 aliphatic carbocycles. The first-order chi connectivity index (χ1) is 8.58. The van der Waals surface area contributed by atoms with E-state index in [1.165, 1.54) is 4.90 Å². The molecule has 3 fully saturated rings. The molecule has 0 aromatic heterocycles. The Hall–Kier alpha value is -1.19. The summed E-state index contributed by atoms with van der Waals surface area (Å²) < 4.78 is 0. The van der Waals surface area contributed by atoms with Gasteiger partial charge < -0.3 is 0 Å². The lowest BCUT2D eigenvalue weighted by molar-refractivity contribution is -0.145. The van der Waals surface area contributed by atoms with Crippen molar-refractivity contribution in [1.29, 1.82) is 0 Å². The van der Waals surface area contributed by atoms with Crippen molar-refractivity contribution < 1.29 is 14.4 Å². The van der Waals surface area contributed by atoms with E-state index in [4.69, 9.17) is 0 Å². The molecule has 3 rings (SSSR count). The smallest absolute Gasteiger partial charge is 0.233 e. The predicted molar refractivity (Wildman–Crippen MR) is 64.5 cm³/mol. The van der Waals surface area contributed by atoms with E-state index in [0.29, 0.717) is 31.6 Å². The SMILES string of the molecule is CC1CC2C(=O)N(C3CCC(=O)CC3)C(=O)C2C1. The standard InChI is InChI=1S/C14H19NO3/c1-8-6-11-12(7-8)14(18)15(13(11)17)9-2-4-10(16)5-3-9/h8-9,11-12H,2-7H2,1H3. The van der Waals surface area contributed by atoms with Gasteiger partial charge in [0.1, 0.15) is 5.78 Å². The fraction of sp³-hybridized carbons (Fsp3) is 0.786. The molecule has 0 aromatic rings. The van der Waals surface area contributed by atoms with E-state index < -0.39 is 0 Å². The van der Waals surface area contributed by atoms with Crippen molar-refractivity contribution in [2.75, 3.05) is 0 Å². The van der Waals surface area contributed by atoms with Crippen molar-refractivity contribution >= 4 is 17.6 Å². The number of fused-ring (bicyclic) bond motifs is 1. The third kappa shape index (κ3) is 1.70. The zero-order chi connectivity index (χ0) is 12.9. The molecule has 2 saturated carbocycles. The molecular formula is C14H19NO3. The van der Waals surface area contributed by atoms with E-state index in [9.17, 15) is 14.4 Å². The van der Waals surface area contributed by atoms with Crippen molar-refractivity contribution in [3.05, 3.63) is 0 Å². The molecule has 2 unspecified atom stereocenters. The zero-order valence-corrected chi connectivity index (χ0v) is 10.7. The van der Waals surface area contributed by atoms with Crippen LogP contribution in [0, 0.1) is 17.8 Å². The summed E-state index contributed by atoms with van der Waals surface area (Å²) in [4.78, 5) is 37.4. The normalized spacial score (nSPS) is 37.5. The molecule has 0 bridgehead atoms. The summed E-state index contributed by atoms with van der Waals surface area (Å²) in [5, 5.41) is 0. The van der Waals surface area contributed by atoms with Gasteiger partial charge in [-0.05, 0) is 31.6 Å². The topological polar surface area (TPSA) is 54.5 Å². The Morgan fingerprint density at radius 1 is 0.944 bits per heavy atom. The zero-order valence-electron chi connectivity index (χ0n) is 10.7. The van der Waals surface area contributed by atoms with Crippen LogP contribution in [-0.4, -0.2) is 28.5 Å². The fourth-order valence-electron chi connectivity index (χ4n) is 3.85. The highest BCUT2D eigenvalue weighted by Gasteiger charge is 2.53. The van der Waals surface area contributed by atoms with Crippen LogP contribution in [0.5, 0.6) is 0 Å². The molecular weight excluding hydrogens is 230 g/mol. The maximum Gasteiger partial charge on any atom is 0.233 e. The molecule has 2 amide bonds. The minimum Gasteiger partial charge on any atom is -0.300 e. The van der Waals surface area contributed by atoms with Gasteiger partial charge in [0.05, 0.1) is 11.8 Å². The molecule has 1 aliphatic heterocycles. The second-order valence-electron chi connectivity index (χ2n) is 6.11. The van der Waals surface area contributed by atoms with Gasteiger partial charge in [-0.3, -0.25) is 19.3 Å². The third-order valence-corrected chi connectivity index (χ3v) is 4.79. The summed E-state index contributed by atoms with van der Waals surface area (Å²) in [6, 6.07) is -0.0105. The second kappa shape index (κ2) is 4.18. The van der Waals surface area contributed by atoms with Gasteiger partial charge in [0.15, 0.2) is 0 Å². The van der Waals surface area contributed by atoms with Crippen LogP contribution in [0.1, 0.15) is 45.4 Å². The van der Waals surface area contributed by atoms with Crippen molar-refractivity contribution in [2.45, 2.75) is 51.5 Å². The maximum atomic E-state index is 12.3. The van der Waals surface area contributed by atoms with Crippen LogP contribution in [0.25, 0.3) is 0 Å². The highest BCUT2D eigenvalue weighted by molar-refractivity contribution is 6.06. The number of carbonyl (C=O) groups excluding carboxylic acids is 3. The van der Waals surface area contributed by atoms with Gasteiger partial charge in [-0.15, -0.1) is 0 Å². The van der Waals surface area contributed by atoms with Crippen LogP contribution in [0.3, 0.4) is 0 Å². The lowest BCUT2D eigenvalue weighted by atomic mass is 9.93. The van der Waals surface area contributed by atoms with E-state index in [1.54, 1.807) is 0 Å². The minimum atomic E-state index is -0.0647. The lowest BCUT2D eigenvalue weighted by Crippen LogP contribution is -2.43. The first-order valence-electron chi connectivity index (χ1n) is 6.96. The average molecular weight is 249 g/mol. The van der Waals surface area contributed by atoms with Crippen molar-refractivity contribution in [1.82, 2.24) is 4.90 Å². The third-order valence-electron chi connectivity index (χ3n) is 4.79. The van der Waals surface area contributed by atoms with Crippen molar-refractivity contribution in [3.8, 4) is 0 Å². The summed E-state index contributed by atoms with van der Waals surface area (Å²) in [5.74, 6) is 0.694. The molecule has 3 aliphatic rings. The number of Topliss-reactive ketones (excluding diaryl/α,β-unsaturated/α-hetero) is 1. The molecule has 0 aromatic carbocycles. The molecule has 1 saturated heterocycles. The van der Waals surface area contributed by atoms with E-state index >= 15 is 0 Å². The van der Waals surface area contributed by atoms with Gasteiger partial charge in [0.2, 0.25) is 11.8 Å². The second-order valence-corrected chi connectivity index (χ2v) is 6.11. The van der Waals surface area contributed by atoms with Crippen LogP contribution >= 0.6 is 0 Å². The molecule has 4 heteroatoms. The Balaban J connectivity index is 1.76. The number of hydrogen-bond donors (Lipinski definition) is 0. The summed E-state index contributed by atoms with van der Waals surface area (Å²) in [6.07, 6.45) is 4.10. The number of hydrogen-bond acceptors (Lipinski definition) is 3. The Bertz CT molecular complexity index is 383. The number of nitrogens with zero attached hydrogens (tertiary/aromatic N) is 1. The van der Waals surface area contributed by atoms with Crippen LogP contribution in [0.2, 0.25) is 0 Å². The Labute approximate surface area is 107 Å². The first kappa shape index (κ1) is 11.9. The Kier molecular flexibility index (Phi) is 2.76. The minimum absolute atomic E-state index is 0.0105. The highest BCUT2D eigenvalue weighted by atomic mass is 16.2. The molecule has 4 nitrogen and oxygen atoms in total. The number of ketones is 1. The van der Waals surface area contributed by atoms with Gasteiger partial charge in [-0.25, -0.2) is 0 Å². The highest BCUT2D eigenvalue weighted by Crippen LogP contribution is 2.44. The molecule has 0 radical (unpaired) electrons. The van der Waals surface area contributed by atoms with Gasteiger partial charge in [-0.1, -0.05) is 6.92 Å². The number of likely N-dealkylation sites (tertiary alicyclic amines) is 1. The summed E-state index contributed by atoms with van der Waals surface area (Å²) in [7, 11) is 0. The van der Waals surface area contributed by atoms with Gasteiger partial charge >= 0.3 is 0 Å².